The van der Waals surface area contributed by atoms with E-state index >= 15 is 0 Å². The molecule has 3 heteroatoms. The van der Waals surface area contributed by atoms with Gasteiger partial charge in [0.15, 0.2) is 0 Å². The summed E-state index contributed by atoms with van der Waals surface area (Å²) in [7, 11) is 1.39. The Kier molecular flexibility index (Phi) is 5.98. The number of nitrogens with one attached hydrogen (secondary N) is 1. The Morgan fingerprint density at radius 2 is 2.07 bits per heavy atom. The third-order valence-electron chi connectivity index (χ3n) is 1.89. The number of rotatable bonds is 5. The van der Waals surface area contributed by atoms with E-state index in [1.165, 1.54) is 7.11 Å². The van der Waals surface area contributed by atoms with Crippen LogP contribution in [0.25, 0.3) is 0 Å². The predicted octanol–water partition coefficient (Wildman–Crippen LogP) is 1.19. The van der Waals surface area contributed by atoms with Crippen molar-refractivity contribution in [1.82, 2.24) is 5.32 Å². The Balaban J connectivity index is 4.26. The van der Waals surface area contributed by atoms with Gasteiger partial charge in [-0.05, 0) is 19.3 Å². The first-order valence-corrected chi connectivity index (χ1v) is 4.81. The lowest BCUT2D eigenvalue weighted by molar-refractivity contribution is -0.143. The molecule has 0 aliphatic heterocycles. The van der Waals surface area contributed by atoms with Crippen LogP contribution in [-0.2, 0) is 9.53 Å². The number of carbonyl (C=O) groups is 1. The first-order chi connectivity index (χ1) is 6.51. The van der Waals surface area contributed by atoms with Gasteiger partial charge >= 0.3 is 5.97 Å². The van der Waals surface area contributed by atoms with Crippen LogP contribution >= 0.6 is 0 Å². The van der Waals surface area contributed by atoms with E-state index in [1.807, 2.05) is 6.92 Å². The Labute approximate surface area is 86.2 Å². The lowest BCUT2D eigenvalue weighted by atomic mass is 10.0. The second-order valence-electron chi connectivity index (χ2n) is 3.76. The SMILES string of the molecule is C#CC(C)NC(CC(C)C)C(=O)OC. The molecule has 0 heterocycles. The van der Waals surface area contributed by atoms with Crippen LogP contribution in [0, 0.1) is 18.3 Å². The maximum atomic E-state index is 11.3. The smallest absolute Gasteiger partial charge is 0.322 e. The van der Waals surface area contributed by atoms with Crippen molar-refractivity contribution in [3.8, 4) is 12.3 Å². The van der Waals surface area contributed by atoms with Crippen molar-refractivity contribution in [2.45, 2.75) is 39.3 Å². The van der Waals surface area contributed by atoms with Gasteiger partial charge in [0.1, 0.15) is 6.04 Å². The molecular weight excluding hydrogens is 178 g/mol. The highest BCUT2D eigenvalue weighted by Crippen LogP contribution is 2.06. The van der Waals surface area contributed by atoms with E-state index < -0.39 is 0 Å². The Hall–Kier alpha value is -1.01. The van der Waals surface area contributed by atoms with Gasteiger partial charge in [0.25, 0.3) is 0 Å². The van der Waals surface area contributed by atoms with Crippen LogP contribution in [0.2, 0.25) is 0 Å². The molecule has 80 valence electrons. The fourth-order valence-corrected chi connectivity index (χ4v) is 1.20. The maximum absolute atomic E-state index is 11.3. The van der Waals surface area contributed by atoms with Crippen molar-refractivity contribution in [1.29, 1.82) is 0 Å². The zero-order valence-corrected chi connectivity index (χ0v) is 9.33. The highest BCUT2D eigenvalue weighted by Gasteiger charge is 2.21. The average molecular weight is 197 g/mol. The van der Waals surface area contributed by atoms with Crippen molar-refractivity contribution in [2.75, 3.05) is 7.11 Å². The van der Waals surface area contributed by atoms with Gasteiger partial charge in [-0.15, -0.1) is 6.42 Å². The van der Waals surface area contributed by atoms with E-state index in [0.717, 1.165) is 6.42 Å². The third kappa shape index (κ3) is 4.88. The average Bonchev–Trinajstić information content (AvgIpc) is 2.14. The predicted molar refractivity (Wildman–Crippen MR) is 56.7 cm³/mol. The molecule has 0 aromatic rings. The molecule has 0 amide bonds. The quantitative estimate of drug-likeness (QED) is 0.531. The third-order valence-corrected chi connectivity index (χ3v) is 1.89. The van der Waals surface area contributed by atoms with E-state index in [-0.39, 0.29) is 18.1 Å². The molecule has 0 aromatic heterocycles. The van der Waals surface area contributed by atoms with Crippen molar-refractivity contribution in [3.05, 3.63) is 0 Å². The molecule has 0 aliphatic carbocycles. The molecule has 0 saturated carbocycles. The van der Waals surface area contributed by atoms with Gasteiger partial charge in [-0.3, -0.25) is 10.1 Å². The zero-order valence-electron chi connectivity index (χ0n) is 9.33. The Bertz CT molecular complexity index is 218. The normalized spacial score (nSPS) is 14.6. The maximum Gasteiger partial charge on any atom is 0.322 e. The highest BCUT2D eigenvalue weighted by atomic mass is 16.5. The lowest BCUT2D eigenvalue weighted by Crippen LogP contribution is -2.43. The Morgan fingerprint density at radius 3 is 2.43 bits per heavy atom. The van der Waals surface area contributed by atoms with Gasteiger partial charge in [0, 0.05) is 0 Å². The fourth-order valence-electron chi connectivity index (χ4n) is 1.20. The molecule has 0 rings (SSSR count). The molecule has 0 saturated heterocycles. The molecule has 2 unspecified atom stereocenters. The summed E-state index contributed by atoms with van der Waals surface area (Å²) in [4.78, 5) is 11.3. The van der Waals surface area contributed by atoms with E-state index in [2.05, 4.69) is 29.8 Å². The molecule has 0 fully saturated rings. The molecular formula is C11H19NO2. The number of terminal acetylenes is 1. The lowest BCUT2D eigenvalue weighted by Gasteiger charge is -2.19. The molecule has 0 aromatic carbocycles. The highest BCUT2D eigenvalue weighted by molar-refractivity contribution is 5.75. The van der Waals surface area contributed by atoms with Gasteiger partial charge in [-0.1, -0.05) is 19.8 Å². The molecule has 0 aliphatic rings. The number of carbonyl (C=O) groups excluding carboxylic acids is 1. The van der Waals surface area contributed by atoms with Crippen LogP contribution in [0.15, 0.2) is 0 Å². The largest absolute Gasteiger partial charge is 0.468 e. The van der Waals surface area contributed by atoms with Crippen LogP contribution in [0.3, 0.4) is 0 Å². The van der Waals surface area contributed by atoms with E-state index in [4.69, 9.17) is 6.42 Å². The van der Waals surface area contributed by atoms with Crippen molar-refractivity contribution >= 4 is 5.97 Å². The number of esters is 1. The molecule has 1 N–H and O–H groups in total. The van der Waals surface area contributed by atoms with E-state index in [1.54, 1.807) is 0 Å². The van der Waals surface area contributed by atoms with E-state index in [9.17, 15) is 4.79 Å². The fraction of sp³-hybridized carbons (Fsp3) is 0.727. The number of hydrogen-bond acceptors (Lipinski definition) is 3. The molecule has 0 spiro atoms. The topological polar surface area (TPSA) is 38.3 Å². The van der Waals surface area contributed by atoms with Crippen molar-refractivity contribution in [3.63, 3.8) is 0 Å². The molecule has 0 radical (unpaired) electrons. The summed E-state index contributed by atoms with van der Waals surface area (Å²) in [6, 6.07) is -0.413. The zero-order chi connectivity index (χ0) is 11.1. The van der Waals surface area contributed by atoms with Crippen LogP contribution in [0.4, 0.5) is 0 Å². The van der Waals surface area contributed by atoms with Crippen molar-refractivity contribution in [2.24, 2.45) is 5.92 Å². The van der Waals surface area contributed by atoms with Gasteiger partial charge in [-0.2, -0.15) is 0 Å². The van der Waals surface area contributed by atoms with Gasteiger partial charge in [0.05, 0.1) is 13.2 Å². The van der Waals surface area contributed by atoms with Crippen LogP contribution in [0.1, 0.15) is 27.2 Å². The van der Waals surface area contributed by atoms with Crippen molar-refractivity contribution < 1.29 is 9.53 Å². The summed E-state index contributed by atoms with van der Waals surface area (Å²) in [6.07, 6.45) is 5.96. The first-order valence-electron chi connectivity index (χ1n) is 4.81. The van der Waals surface area contributed by atoms with Gasteiger partial charge < -0.3 is 4.74 Å². The standard InChI is InChI=1S/C11H19NO2/c1-6-9(4)12-10(7-8(2)3)11(13)14-5/h1,8-10,12H,7H2,2-5H3. The summed E-state index contributed by atoms with van der Waals surface area (Å²) >= 11 is 0. The molecule has 14 heavy (non-hydrogen) atoms. The monoisotopic (exact) mass is 197 g/mol. The number of methoxy groups -OCH3 is 1. The van der Waals surface area contributed by atoms with Crippen LogP contribution < -0.4 is 5.32 Å². The summed E-state index contributed by atoms with van der Waals surface area (Å²) in [5.41, 5.74) is 0. The summed E-state index contributed by atoms with van der Waals surface area (Å²) in [5.74, 6) is 2.71. The minimum Gasteiger partial charge on any atom is -0.468 e. The Morgan fingerprint density at radius 1 is 1.50 bits per heavy atom. The number of ether oxygens (including phenoxy) is 1. The van der Waals surface area contributed by atoms with Crippen LogP contribution in [-0.4, -0.2) is 25.2 Å². The molecule has 2 atom stereocenters. The minimum absolute atomic E-state index is 0.113. The summed E-state index contributed by atoms with van der Waals surface area (Å²) in [5, 5.41) is 3.04. The van der Waals surface area contributed by atoms with Gasteiger partial charge in [-0.25, -0.2) is 0 Å². The second kappa shape index (κ2) is 6.44. The molecule has 3 nitrogen and oxygen atoms in total. The molecule has 0 bridgehead atoms. The first kappa shape index (κ1) is 13.0. The van der Waals surface area contributed by atoms with E-state index in [0.29, 0.717) is 5.92 Å². The second-order valence-corrected chi connectivity index (χ2v) is 3.76. The summed E-state index contributed by atoms with van der Waals surface area (Å²) < 4.78 is 4.69. The number of hydrogen-bond donors (Lipinski definition) is 1. The summed E-state index contributed by atoms with van der Waals surface area (Å²) in [6.45, 7) is 5.95. The van der Waals surface area contributed by atoms with Gasteiger partial charge in [0.2, 0.25) is 0 Å². The minimum atomic E-state index is -0.300. The van der Waals surface area contributed by atoms with Crippen LogP contribution in [0.5, 0.6) is 0 Å².